The van der Waals surface area contributed by atoms with Crippen LogP contribution in [0.3, 0.4) is 0 Å². The van der Waals surface area contributed by atoms with Gasteiger partial charge in [0, 0.05) is 58.2 Å². The fourth-order valence-corrected chi connectivity index (χ4v) is 8.89. The van der Waals surface area contributed by atoms with Gasteiger partial charge >= 0.3 is 0 Å². The lowest BCUT2D eigenvalue weighted by molar-refractivity contribution is 0.0356. The molecule has 1 atom stereocenters. The second-order valence-corrected chi connectivity index (χ2v) is 13.0. The van der Waals surface area contributed by atoms with Crippen molar-refractivity contribution < 1.29 is 4.74 Å². The average molecular weight is 513 g/mol. The van der Waals surface area contributed by atoms with Crippen molar-refractivity contribution in [3.63, 3.8) is 0 Å². The Morgan fingerprint density at radius 2 is 1.44 bits per heavy atom. The van der Waals surface area contributed by atoms with Crippen LogP contribution in [0.1, 0.15) is 79.5 Å². The van der Waals surface area contributed by atoms with Crippen LogP contribution in [0.2, 0.25) is 0 Å². The Hall–Kier alpha value is -3.46. The van der Waals surface area contributed by atoms with Crippen LogP contribution in [0.25, 0.3) is 10.8 Å². The van der Waals surface area contributed by atoms with E-state index in [1.54, 1.807) is 0 Å². The summed E-state index contributed by atoms with van der Waals surface area (Å²) in [4.78, 5) is 2.70. The van der Waals surface area contributed by atoms with Gasteiger partial charge in [-0.25, -0.2) is 0 Å². The van der Waals surface area contributed by atoms with Gasteiger partial charge in [0.2, 0.25) is 0 Å². The molecule has 196 valence electrons. The summed E-state index contributed by atoms with van der Waals surface area (Å²) in [6.45, 7) is 2.25. The number of fused-ring (bicyclic) bond motifs is 6. The fraction of sp³-hybridized carbons (Fsp3) is 0.389. The molecule has 3 heteroatoms. The number of benzene rings is 4. The van der Waals surface area contributed by atoms with Crippen LogP contribution in [0.4, 0.5) is 11.4 Å². The van der Waals surface area contributed by atoms with Gasteiger partial charge in [0.15, 0.2) is 0 Å². The van der Waals surface area contributed by atoms with Crippen LogP contribution >= 0.6 is 0 Å². The molecule has 5 aliphatic rings. The molecule has 2 saturated heterocycles. The van der Waals surface area contributed by atoms with E-state index in [1.807, 2.05) is 0 Å². The van der Waals surface area contributed by atoms with Crippen LogP contribution in [-0.2, 0) is 0 Å². The van der Waals surface area contributed by atoms with Crippen molar-refractivity contribution in [1.29, 1.82) is 0 Å². The topological polar surface area (TPSA) is 24.5 Å². The number of rotatable bonds is 4. The van der Waals surface area contributed by atoms with E-state index in [1.165, 1.54) is 95.8 Å². The molecule has 1 unspecified atom stereocenters. The standard InChI is InChI=1S/C36H36N2O/c1-22-4-2-5-23-6-3-7-31(34(22)23)35-29-14-8-25(37-36-18-16-24(36)17-19-36)20-32(29)39-33-21-28(13-15-30(33)35)38-26-9-10-27(38)12-11-26/h2-8,13-15,20-21,24,26-27,35,37H,9-12,16-19H2,1H3. The van der Waals surface area contributed by atoms with E-state index in [9.17, 15) is 0 Å². The number of hydrogen-bond donors (Lipinski definition) is 1. The monoisotopic (exact) mass is 512 g/mol. The highest BCUT2D eigenvalue weighted by Gasteiger charge is 2.53. The highest BCUT2D eigenvalue weighted by atomic mass is 16.5. The van der Waals surface area contributed by atoms with Crippen molar-refractivity contribution in [2.75, 3.05) is 10.2 Å². The van der Waals surface area contributed by atoms with Gasteiger partial charge in [-0.15, -0.1) is 0 Å². The molecule has 4 aromatic rings. The molecule has 1 N–H and O–H groups in total. The van der Waals surface area contributed by atoms with Gasteiger partial charge in [-0.2, -0.15) is 0 Å². The summed E-state index contributed by atoms with van der Waals surface area (Å²) in [5.74, 6) is 3.05. The number of anilines is 2. The smallest absolute Gasteiger partial charge is 0.133 e. The van der Waals surface area contributed by atoms with Crippen LogP contribution in [0.5, 0.6) is 11.5 Å². The lowest BCUT2D eigenvalue weighted by atomic mass is 9.53. The van der Waals surface area contributed by atoms with Crippen LogP contribution in [0.15, 0.2) is 72.8 Å². The Balaban J connectivity index is 1.19. The third-order valence-corrected chi connectivity index (χ3v) is 11.1. The minimum absolute atomic E-state index is 0.144. The summed E-state index contributed by atoms with van der Waals surface area (Å²) in [7, 11) is 0. The third-order valence-electron chi connectivity index (χ3n) is 11.1. The molecular weight excluding hydrogens is 476 g/mol. The minimum Gasteiger partial charge on any atom is -0.457 e. The first-order valence-corrected chi connectivity index (χ1v) is 15.2. The quantitative estimate of drug-likeness (QED) is 0.260. The first kappa shape index (κ1) is 22.4. The third kappa shape index (κ3) is 3.16. The molecule has 39 heavy (non-hydrogen) atoms. The summed E-state index contributed by atoms with van der Waals surface area (Å²) in [6, 6.07) is 28.9. The van der Waals surface area contributed by atoms with Gasteiger partial charge in [0.05, 0.1) is 0 Å². The fourth-order valence-electron chi connectivity index (χ4n) is 8.89. The maximum absolute atomic E-state index is 6.85. The van der Waals surface area contributed by atoms with E-state index in [0.29, 0.717) is 17.6 Å². The predicted molar refractivity (Wildman–Crippen MR) is 159 cm³/mol. The Bertz CT molecular complexity index is 1610. The van der Waals surface area contributed by atoms with Crippen molar-refractivity contribution >= 4 is 22.1 Å². The molecule has 0 aromatic heterocycles. The summed E-state index contributed by atoms with van der Waals surface area (Å²) < 4.78 is 6.85. The molecule has 4 aromatic carbocycles. The van der Waals surface area contributed by atoms with Crippen LogP contribution < -0.4 is 15.0 Å². The maximum Gasteiger partial charge on any atom is 0.133 e. The minimum atomic E-state index is 0.144. The summed E-state index contributed by atoms with van der Waals surface area (Å²) >= 11 is 0. The van der Waals surface area contributed by atoms with Crippen molar-refractivity contribution in [3.8, 4) is 11.5 Å². The number of nitrogens with one attached hydrogen (secondary N) is 1. The Morgan fingerprint density at radius 3 is 2.13 bits per heavy atom. The van der Waals surface area contributed by atoms with Crippen LogP contribution in [0, 0.1) is 12.8 Å². The zero-order chi connectivity index (χ0) is 25.7. The maximum atomic E-state index is 6.85. The van der Waals surface area contributed by atoms with Crippen molar-refractivity contribution in [2.24, 2.45) is 5.92 Å². The molecule has 3 aliphatic heterocycles. The van der Waals surface area contributed by atoms with Gasteiger partial charge in [-0.3, -0.25) is 0 Å². The molecule has 2 saturated carbocycles. The highest BCUT2D eigenvalue weighted by Crippen LogP contribution is 2.56. The predicted octanol–water partition coefficient (Wildman–Crippen LogP) is 8.92. The lowest BCUT2D eigenvalue weighted by Crippen LogP contribution is -2.60. The van der Waals surface area contributed by atoms with Gasteiger partial charge < -0.3 is 15.0 Å². The Kier molecular flexibility index (Phi) is 4.61. The van der Waals surface area contributed by atoms with E-state index < -0.39 is 0 Å². The molecule has 0 spiro atoms. The van der Waals surface area contributed by atoms with Crippen LogP contribution in [-0.4, -0.2) is 17.6 Å². The van der Waals surface area contributed by atoms with Gasteiger partial charge in [0.1, 0.15) is 11.5 Å². The second-order valence-electron chi connectivity index (χ2n) is 13.0. The molecule has 2 bridgehead atoms. The van der Waals surface area contributed by atoms with E-state index in [0.717, 1.165) is 17.4 Å². The molecule has 9 rings (SSSR count). The van der Waals surface area contributed by atoms with Gasteiger partial charge in [-0.1, -0.05) is 48.5 Å². The first-order valence-electron chi connectivity index (χ1n) is 15.2. The highest BCUT2D eigenvalue weighted by molar-refractivity contribution is 5.90. The molecule has 3 nitrogen and oxygen atoms in total. The zero-order valence-electron chi connectivity index (χ0n) is 22.7. The molecule has 4 fully saturated rings. The molecule has 0 amide bonds. The molecular formula is C36H36N2O. The van der Waals surface area contributed by atoms with E-state index in [2.05, 4.69) is 89.9 Å². The SMILES string of the molecule is Cc1cccc2cccc(C3c4ccc(NC56CCC5CC6)cc4Oc4cc(N5C6CCC5CC6)ccc43)c12. The van der Waals surface area contributed by atoms with Gasteiger partial charge in [-0.05, 0) is 98.2 Å². The second kappa shape index (κ2) is 8.03. The van der Waals surface area contributed by atoms with E-state index in [4.69, 9.17) is 4.74 Å². The molecule has 3 heterocycles. The summed E-state index contributed by atoms with van der Waals surface area (Å²) in [6.07, 6.45) is 10.7. The number of ether oxygens (including phenoxy) is 1. The van der Waals surface area contributed by atoms with Gasteiger partial charge in [0.25, 0.3) is 0 Å². The largest absolute Gasteiger partial charge is 0.457 e. The average Bonchev–Trinajstić information content (AvgIpc) is 3.55. The number of nitrogens with zero attached hydrogens (tertiary/aromatic N) is 1. The normalized spacial score (nSPS) is 29.6. The lowest BCUT2D eigenvalue weighted by Gasteiger charge is -2.59. The van der Waals surface area contributed by atoms with Crippen molar-refractivity contribution in [2.45, 2.75) is 81.8 Å². The van der Waals surface area contributed by atoms with Crippen molar-refractivity contribution in [1.82, 2.24) is 0 Å². The van der Waals surface area contributed by atoms with Crippen molar-refractivity contribution in [3.05, 3.63) is 95.1 Å². The van der Waals surface area contributed by atoms with E-state index in [-0.39, 0.29) is 5.92 Å². The Morgan fingerprint density at radius 1 is 0.744 bits per heavy atom. The Labute approximate surface area is 231 Å². The first-order chi connectivity index (χ1) is 19.2. The van der Waals surface area contributed by atoms with E-state index >= 15 is 0 Å². The summed E-state index contributed by atoms with van der Waals surface area (Å²) in [5.41, 5.74) is 8.16. The summed E-state index contributed by atoms with van der Waals surface area (Å²) in [5, 5.41) is 6.63. The number of hydrogen-bond acceptors (Lipinski definition) is 3. The molecule has 2 aliphatic carbocycles. The zero-order valence-corrected chi connectivity index (χ0v) is 22.7. The molecule has 0 radical (unpaired) electrons. The number of aryl methyl sites for hydroxylation is 1.